The Kier molecular flexibility index (Phi) is 4.45. The summed E-state index contributed by atoms with van der Waals surface area (Å²) in [6.45, 7) is 0. The van der Waals surface area contributed by atoms with Crippen molar-refractivity contribution in [2.24, 2.45) is 0 Å². The number of oxazole rings is 1. The van der Waals surface area contributed by atoms with Gasteiger partial charge in [0.05, 0.1) is 24.9 Å². The molecule has 0 saturated carbocycles. The number of nitrogens with zero attached hydrogens (tertiary/aromatic N) is 2. The first-order chi connectivity index (χ1) is 13.6. The highest BCUT2D eigenvalue weighted by Gasteiger charge is 2.27. The molecule has 1 aliphatic carbocycles. The lowest BCUT2D eigenvalue weighted by Gasteiger charge is -2.18. The van der Waals surface area contributed by atoms with Crippen molar-refractivity contribution in [3.05, 3.63) is 70.9 Å². The summed E-state index contributed by atoms with van der Waals surface area (Å²) in [5.74, 6) is 1.03. The van der Waals surface area contributed by atoms with E-state index < -0.39 is 0 Å². The van der Waals surface area contributed by atoms with Gasteiger partial charge in [0.15, 0.2) is 12.2 Å². The highest BCUT2D eigenvalue weighted by molar-refractivity contribution is 6.12. The lowest BCUT2D eigenvalue weighted by atomic mass is 10.0. The molecule has 28 heavy (non-hydrogen) atoms. The molecule has 0 saturated heterocycles. The van der Waals surface area contributed by atoms with Crippen LogP contribution < -0.4 is 15.8 Å². The number of nitrogens with one attached hydrogen (secondary N) is 2. The van der Waals surface area contributed by atoms with Crippen LogP contribution in [0.2, 0.25) is 0 Å². The molecule has 0 fully saturated rings. The minimum absolute atomic E-state index is 0. The molecule has 0 amide bonds. The molecule has 4 N–H and O–H groups in total. The van der Waals surface area contributed by atoms with Crippen LogP contribution in [0, 0.1) is 16.7 Å². The van der Waals surface area contributed by atoms with E-state index in [-0.39, 0.29) is 14.6 Å². The van der Waals surface area contributed by atoms with Gasteiger partial charge < -0.3 is 20.2 Å². The standard InChI is InChI=1S/C21H19N5O2.2H2/c1-27-21-12(9-22)2-4-14-15(21)5-7-18(14)26-13-3-6-17(23)16(8-13)20(24)19-10-25-11-28-19;;/h2-4,6,8,10-11,18,24,26H,5,7,23H2,1H3;2*1H/t18-;;/m1../s1. The Morgan fingerprint density at radius 2 is 2.29 bits per heavy atom. The van der Waals surface area contributed by atoms with Crippen molar-refractivity contribution < 1.29 is 12.0 Å². The summed E-state index contributed by atoms with van der Waals surface area (Å²) in [7, 11) is 1.60. The topological polar surface area (TPSA) is 121 Å². The molecule has 0 unspecified atom stereocenters. The van der Waals surface area contributed by atoms with Crippen molar-refractivity contribution in [1.29, 1.82) is 10.7 Å². The van der Waals surface area contributed by atoms with Gasteiger partial charge in [-0.3, -0.25) is 5.41 Å². The van der Waals surface area contributed by atoms with Crippen molar-refractivity contribution in [1.82, 2.24) is 4.98 Å². The number of nitrogen functional groups attached to an aromatic ring is 1. The van der Waals surface area contributed by atoms with Crippen molar-refractivity contribution in [3.63, 3.8) is 0 Å². The summed E-state index contributed by atoms with van der Waals surface area (Å²) in [6.07, 6.45) is 4.51. The number of hydrogen-bond acceptors (Lipinski definition) is 7. The summed E-state index contributed by atoms with van der Waals surface area (Å²) in [4.78, 5) is 3.86. The van der Waals surface area contributed by atoms with E-state index in [0.717, 1.165) is 29.7 Å². The van der Waals surface area contributed by atoms with Crippen LogP contribution in [0.3, 0.4) is 0 Å². The first kappa shape index (κ1) is 17.6. The van der Waals surface area contributed by atoms with E-state index in [2.05, 4.69) is 16.4 Å². The van der Waals surface area contributed by atoms with Gasteiger partial charge in [0.25, 0.3) is 0 Å². The van der Waals surface area contributed by atoms with Crippen LogP contribution in [0.5, 0.6) is 5.75 Å². The summed E-state index contributed by atoms with van der Waals surface area (Å²) in [5.41, 5.74) is 10.9. The first-order valence-corrected chi connectivity index (χ1v) is 8.86. The predicted molar refractivity (Wildman–Crippen MR) is 110 cm³/mol. The maximum Gasteiger partial charge on any atom is 0.181 e. The minimum Gasteiger partial charge on any atom is -0.495 e. The molecule has 4 rings (SSSR count). The number of anilines is 2. The molecular weight excluding hydrogens is 354 g/mol. The van der Waals surface area contributed by atoms with Gasteiger partial charge in [0.2, 0.25) is 0 Å². The number of hydrogen-bond donors (Lipinski definition) is 3. The third kappa shape index (κ3) is 2.95. The van der Waals surface area contributed by atoms with Gasteiger partial charge in [-0.15, -0.1) is 0 Å². The molecule has 7 nitrogen and oxygen atoms in total. The number of ether oxygens (including phenoxy) is 1. The zero-order valence-corrected chi connectivity index (χ0v) is 15.3. The number of nitriles is 1. The van der Waals surface area contributed by atoms with Crippen molar-refractivity contribution >= 4 is 17.1 Å². The quantitative estimate of drug-likeness (QED) is 0.454. The predicted octanol–water partition coefficient (Wildman–Crippen LogP) is 4.14. The maximum atomic E-state index is 9.28. The van der Waals surface area contributed by atoms with Crippen LogP contribution in [-0.4, -0.2) is 17.8 Å². The van der Waals surface area contributed by atoms with E-state index in [1.165, 1.54) is 12.6 Å². The summed E-state index contributed by atoms with van der Waals surface area (Å²) >= 11 is 0. The number of fused-ring (bicyclic) bond motifs is 1. The van der Waals surface area contributed by atoms with Crippen LogP contribution in [-0.2, 0) is 6.42 Å². The fourth-order valence-electron chi connectivity index (χ4n) is 3.68. The Morgan fingerprint density at radius 1 is 1.43 bits per heavy atom. The van der Waals surface area contributed by atoms with Crippen LogP contribution >= 0.6 is 0 Å². The molecule has 0 bridgehead atoms. The minimum atomic E-state index is 0. The molecule has 7 heteroatoms. The number of aromatic nitrogens is 1. The third-order valence-corrected chi connectivity index (χ3v) is 5.02. The molecule has 1 aromatic heterocycles. The van der Waals surface area contributed by atoms with E-state index in [1.807, 2.05) is 18.2 Å². The summed E-state index contributed by atoms with van der Waals surface area (Å²) in [5, 5.41) is 21.1. The third-order valence-electron chi connectivity index (χ3n) is 5.02. The monoisotopic (exact) mass is 377 g/mol. The van der Waals surface area contributed by atoms with Gasteiger partial charge in [-0.2, -0.15) is 5.26 Å². The van der Waals surface area contributed by atoms with Gasteiger partial charge in [-0.1, -0.05) is 6.07 Å². The average molecular weight is 377 g/mol. The molecule has 3 aromatic rings. The molecule has 0 spiro atoms. The number of benzene rings is 2. The largest absolute Gasteiger partial charge is 0.495 e. The van der Waals surface area contributed by atoms with Crippen LogP contribution in [0.1, 0.15) is 43.3 Å². The Morgan fingerprint density at radius 3 is 3.00 bits per heavy atom. The average Bonchev–Trinajstić information content (AvgIpc) is 3.38. The van der Waals surface area contributed by atoms with E-state index in [1.54, 1.807) is 19.2 Å². The van der Waals surface area contributed by atoms with Gasteiger partial charge in [-0.25, -0.2) is 4.98 Å². The van der Waals surface area contributed by atoms with E-state index in [9.17, 15) is 5.26 Å². The molecule has 0 aliphatic heterocycles. The molecular formula is C21H23N5O2. The number of nitrogens with two attached hydrogens (primary N) is 1. The fraction of sp³-hybridized carbons (Fsp3) is 0.190. The fourth-order valence-corrected chi connectivity index (χ4v) is 3.68. The second kappa shape index (κ2) is 7.08. The Bertz CT molecular complexity index is 1090. The van der Waals surface area contributed by atoms with E-state index in [4.69, 9.17) is 20.3 Å². The normalized spacial score (nSPS) is 14.9. The van der Waals surface area contributed by atoms with Gasteiger partial charge in [0, 0.05) is 25.4 Å². The molecule has 0 radical (unpaired) electrons. The number of rotatable bonds is 5. The zero-order valence-electron chi connectivity index (χ0n) is 15.3. The number of methoxy groups -OCH3 is 1. The SMILES string of the molecule is COc1c(C#N)ccc2c1CC[C@H]2Nc1ccc(N)c(C(=N)c2cnco2)c1.[HH].[HH]. The highest BCUT2D eigenvalue weighted by Crippen LogP contribution is 2.40. The Hall–Kier alpha value is -3.79. The summed E-state index contributed by atoms with van der Waals surface area (Å²) in [6, 6.07) is 11.6. The highest BCUT2D eigenvalue weighted by atomic mass is 16.5. The Balaban J connectivity index is 0.00000160. The zero-order chi connectivity index (χ0) is 19.7. The molecule has 144 valence electrons. The van der Waals surface area contributed by atoms with Crippen LogP contribution in [0.25, 0.3) is 0 Å². The summed E-state index contributed by atoms with van der Waals surface area (Å²) < 4.78 is 10.7. The molecule has 1 heterocycles. The second-order valence-corrected chi connectivity index (χ2v) is 6.60. The molecule has 1 atom stereocenters. The lowest BCUT2D eigenvalue weighted by Crippen LogP contribution is -2.10. The van der Waals surface area contributed by atoms with E-state index in [0.29, 0.717) is 28.3 Å². The second-order valence-electron chi connectivity index (χ2n) is 6.60. The Labute approximate surface area is 165 Å². The van der Waals surface area contributed by atoms with Crippen molar-refractivity contribution in [2.75, 3.05) is 18.2 Å². The van der Waals surface area contributed by atoms with Crippen molar-refractivity contribution in [3.8, 4) is 11.8 Å². The first-order valence-electron chi connectivity index (χ1n) is 8.86. The smallest absolute Gasteiger partial charge is 0.181 e. The maximum absolute atomic E-state index is 9.28. The molecule has 2 aromatic carbocycles. The van der Waals surface area contributed by atoms with Gasteiger partial charge >= 0.3 is 0 Å². The van der Waals surface area contributed by atoms with Crippen LogP contribution in [0.4, 0.5) is 11.4 Å². The van der Waals surface area contributed by atoms with Gasteiger partial charge in [-0.05, 0) is 42.7 Å². The molecule has 1 aliphatic rings. The van der Waals surface area contributed by atoms with Crippen molar-refractivity contribution in [2.45, 2.75) is 18.9 Å². The lowest BCUT2D eigenvalue weighted by molar-refractivity contribution is 0.409. The van der Waals surface area contributed by atoms with E-state index >= 15 is 0 Å². The van der Waals surface area contributed by atoms with Gasteiger partial charge in [0.1, 0.15) is 17.5 Å². The van der Waals surface area contributed by atoms with Crippen LogP contribution in [0.15, 0.2) is 47.3 Å².